The second-order valence-electron chi connectivity index (χ2n) is 4.08. The summed E-state index contributed by atoms with van der Waals surface area (Å²) in [6.07, 6.45) is 2.86. The van der Waals surface area contributed by atoms with Crippen molar-refractivity contribution in [2.24, 2.45) is 0 Å². The lowest BCUT2D eigenvalue weighted by molar-refractivity contribution is 0.102. The molecule has 0 saturated heterocycles. The molecule has 1 unspecified atom stereocenters. The molecule has 0 radical (unpaired) electrons. The van der Waals surface area contributed by atoms with Gasteiger partial charge < -0.3 is 10.3 Å². The summed E-state index contributed by atoms with van der Waals surface area (Å²) in [6.45, 7) is 1.82. The maximum Gasteiger partial charge on any atom is 0.261 e. The van der Waals surface area contributed by atoms with Crippen molar-refractivity contribution in [3.8, 4) is 0 Å². The normalized spacial score (nSPS) is 11.9. The largest absolute Gasteiger partial charge is 0.367 e. The summed E-state index contributed by atoms with van der Waals surface area (Å²) < 4.78 is 0. The van der Waals surface area contributed by atoms with Gasteiger partial charge in [-0.15, -0.1) is 11.6 Å². The Morgan fingerprint density at radius 3 is 2.74 bits per heavy atom. The summed E-state index contributed by atoms with van der Waals surface area (Å²) in [4.78, 5) is 26.3. The van der Waals surface area contributed by atoms with Gasteiger partial charge in [0.2, 0.25) is 0 Å². The van der Waals surface area contributed by atoms with Crippen LogP contribution in [0.25, 0.3) is 0 Å². The number of para-hydroxylation sites is 1. The summed E-state index contributed by atoms with van der Waals surface area (Å²) in [6, 6.07) is 8.55. The number of nitrogens with one attached hydrogen (secondary N) is 2. The molecule has 4 nitrogen and oxygen atoms in total. The Balaban J connectivity index is 2.30. The van der Waals surface area contributed by atoms with E-state index in [0.29, 0.717) is 5.69 Å². The van der Waals surface area contributed by atoms with Crippen LogP contribution in [-0.4, -0.2) is 10.9 Å². The SMILES string of the molecule is CC(Cl)c1ccccc1NC(=O)c1c[nH]ccc1=O. The highest BCUT2D eigenvalue weighted by Crippen LogP contribution is 2.27. The molecule has 2 rings (SSSR count). The first-order valence-electron chi connectivity index (χ1n) is 5.81. The van der Waals surface area contributed by atoms with Crippen molar-refractivity contribution in [3.05, 3.63) is 64.1 Å². The maximum absolute atomic E-state index is 12.0. The van der Waals surface area contributed by atoms with Gasteiger partial charge in [-0.25, -0.2) is 0 Å². The zero-order chi connectivity index (χ0) is 13.8. The number of amides is 1. The van der Waals surface area contributed by atoms with Gasteiger partial charge >= 0.3 is 0 Å². The highest BCUT2D eigenvalue weighted by atomic mass is 35.5. The van der Waals surface area contributed by atoms with Crippen molar-refractivity contribution in [1.29, 1.82) is 0 Å². The van der Waals surface area contributed by atoms with E-state index in [1.807, 2.05) is 19.1 Å². The molecular weight excluding hydrogens is 264 g/mol. The van der Waals surface area contributed by atoms with Gasteiger partial charge in [-0.3, -0.25) is 9.59 Å². The van der Waals surface area contributed by atoms with E-state index in [4.69, 9.17) is 11.6 Å². The molecule has 1 aromatic carbocycles. The molecule has 0 fully saturated rings. The average molecular weight is 277 g/mol. The Bertz CT molecular complexity index is 650. The summed E-state index contributed by atoms with van der Waals surface area (Å²) in [5.41, 5.74) is 1.16. The van der Waals surface area contributed by atoms with Gasteiger partial charge in [0.15, 0.2) is 5.43 Å². The predicted octanol–water partition coefficient (Wildman–Crippen LogP) is 2.93. The topological polar surface area (TPSA) is 62.0 Å². The molecular formula is C14H13ClN2O2. The number of benzene rings is 1. The zero-order valence-electron chi connectivity index (χ0n) is 10.3. The smallest absolute Gasteiger partial charge is 0.261 e. The van der Waals surface area contributed by atoms with Crippen LogP contribution in [-0.2, 0) is 0 Å². The number of carbonyl (C=O) groups excluding carboxylic acids is 1. The van der Waals surface area contributed by atoms with Crippen LogP contribution in [0.3, 0.4) is 0 Å². The van der Waals surface area contributed by atoms with Crippen LogP contribution in [0.4, 0.5) is 5.69 Å². The molecule has 0 bridgehead atoms. The van der Waals surface area contributed by atoms with Gasteiger partial charge in [-0.05, 0) is 18.6 Å². The third kappa shape index (κ3) is 3.03. The van der Waals surface area contributed by atoms with Crippen LogP contribution >= 0.6 is 11.6 Å². The van der Waals surface area contributed by atoms with Crippen molar-refractivity contribution in [2.45, 2.75) is 12.3 Å². The highest BCUT2D eigenvalue weighted by Gasteiger charge is 2.13. The predicted molar refractivity (Wildman–Crippen MR) is 75.7 cm³/mol. The molecule has 19 heavy (non-hydrogen) atoms. The van der Waals surface area contributed by atoms with Crippen LogP contribution in [0, 0.1) is 0 Å². The van der Waals surface area contributed by atoms with E-state index in [-0.39, 0.29) is 16.4 Å². The lowest BCUT2D eigenvalue weighted by Crippen LogP contribution is -2.21. The van der Waals surface area contributed by atoms with Crippen molar-refractivity contribution in [1.82, 2.24) is 4.98 Å². The third-order valence-corrected chi connectivity index (χ3v) is 2.94. The molecule has 1 atom stereocenters. The Hall–Kier alpha value is -2.07. The number of carbonyl (C=O) groups is 1. The van der Waals surface area contributed by atoms with Crippen molar-refractivity contribution in [3.63, 3.8) is 0 Å². The van der Waals surface area contributed by atoms with E-state index in [0.717, 1.165) is 5.56 Å². The summed E-state index contributed by atoms with van der Waals surface area (Å²) in [5.74, 6) is -0.452. The number of pyridine rings is 1. The first kappa shape index (κ1) is 13.4. The van der Waals surface area contributed by atoms with E-state index in [1.54, 1.807) is 12.1 Å². The zero-order valence-corrected chi connectivity index (χ0v) is 11.1. The van der Waals surface area contributed by atoms with Crippen molar-refractivity contribution >= 4 is 23.2 Å². The van der Waals surface area contributed by atoms with Gasteiger partial charge in [0.25, 0.3) is 5.91 Å². The van der Waals surface area contributed by atoms with Crippen LogP contribution in [0.1, 0.15) is 28.2 Å². The molecule has 1 aromatic heterocycles. The number of rotatable bonds is 3. The Morgan fingerprint density at radius 1 is 1.32 bits per heavy atom. The third-order valence-electron chi connectivity index (χ3n) is 2.71. The van der Waals surface area contributed by atoms with E-state index in [2.05, 4.69) is 10.3 Å². The highest BCUT2D eigenvalue weighted by molar-refractivity contribution is 6.21. The van der Waals surface area contributed by atoms with Gasteiger partial charge in [0, 0.05) is 24.1 Å². The summed E-state index contributed by atoms with van der Waals surface area (Å²) in [5, 5.41) is 2.47. The minimum Gasteiger partial charge on any atom is -0.367 e. The van der Waals surface area contributed by atoms with Gasteiger partial charge in [0.1, 0.15) is 5.56 Å². The lowest BCUT2D eigenvalue weighted by atomic mass is 10.1. The Labute approximate surface area is 115 Å². The molecule has 98 valence electrons. The monoisotopic (exact) mass is 276 g/mol. The molecule has 0 spiro atoms. The number of halogens is 1. The summed E-state index contributed by atoms with van der Waals surface area (Å²) >= 11 is 6.05. The number of aromatic amines is 1. The molecule has 0 aliphatic rings. The fourth-order valence-corrected chi connectivity index (χ4v) is 1.93. The number of alkyl halides is 1. The van der Waals surface area contributed by atoms with E-state index >= 15 is 0 Å². The quantitative estimate of drug-likeness (QED) is 0.847. The van der Waals surface area contributed by atoms with Gasteiger partial charge in [-0.2, -0.15) is 0 Å². The molecule has 1 heterocycles. The summed E-state index contributed by atoms with van der Waals surface area (Å²) in [7, 11) is 0. The van der Waals surface area contributed by atoms with Crippen LogP contribution < -0.4 is 10.7 Å². The fourth-order valence-electron chi connectivity index (χ4n) is 1.74. The molecule has 0 saturated carbocycles. The standard InChI is InChI=1S/C14H13ClN2O2/c1-9(15)10-4-2-3-5-12(10)17-14(19)11-8-16-7-6-13(11)18/h2-9H,1H3,(H,16,18)(H,17,19). The Morgan fingerprint density at radius 2 is 2.05 bits per heavy atom. The minimum atomic E-state index is -0.452. The van der Waals surface area contributed by atoms with Crippen LogP contribution in [0.15, 0.2) is 47.5 Å². The lowest BCUT2D eigenvalue weighted by Gasteiger charge is -2.12. The maximum atomic E-state index is 12.0. The van der Waals surface area contributed by atoms with Crippen molar-refractivity contribution in [2.75, 3.05) is 5.32 Å². The number of anilines is 1. The molecule has 2 N–H and O–H groups in total. The van der Waals surface area contributed by atoms with Crippen LogP contribution in [0.2, 0.25) is 0 Å². The Kier molecular flexibility index (Phi) is 4.02. The molecule has 0 aliphatic carbocycles. The fraction of sp³-hybridized carbons (Fsp3) is 0.143. The number of aromatic nitrogens is 1. The number of H-pyrrole nitrogens is 1. The second kappa shape index (κ2) is 5.71. The molecule has 5 heteroatoms. The average Bonchev–Trinajstić information content (AvgIpc) is 2.39. The van der Waals surface area contributed by atoms with E-state index in [9.17, 15) is 9.59 Å². The van der Waals surface area contributed by atoms with E-state index < -0.39 is 5.91 Å². The van der Waals surface area contributed by atoms with Crippen LogP contribution in [0.5, 0.6) is 0 Å². The molecule has 0 aliphatic heterocycles. The van der Waals surface area contributed by atoms with Gasteiger partial charge in [-0.1, -0.05) is 18.2 Å². The van der Waals surface area contributed by atoms with Crippen molar-refractivity contribution < 1.29 is 4.79 Å². The number of hydrogen-bond acceptors (Lipinski definition) is 2. The first-order chi connectivity index (χ1) is 9.09. The molecule has 2 aromatic rings. The minimum absolute atomic E-state index is 0.0690. The number of hydrogen-bond donors (Lipinski definition) is 2. The second-order valence-corrected chi connectivity index (χ2v) is 4.73. The first-order valence-corrected chi connectivity index (χ1v) is 6.24. The molecule has 1 amide bonds. The van der Waals surface area contributed by atoms with Gasteiger partial charge in [0.05, 0.1) is 5.38 Å². The van der Waals surface area contributed by atoms with E-state index in [1.165, 1.54) is 18.5 Å².